The van der Waals surface area contributed by atoms with Crippen LogP contribution in [0.1, 0.15) is 35.2 Å². The molecule has 146 valence electrons. The maximum atomic E-state index is 12.7. The van der Waals surface area contributed by atoms with Gasteiger partial charge in [-0.15, -0.1) is 0 Å². The molecular formula is C22H26N4O2. The topological polar surface area (TPSA) is 82.7 Å². The summed E-state index contributed by atoms with van der Waals surface area (Å²) >= 11 is 0. The molecule has 6 heteroatoms. The van der Waals surface area contributed by atoms with Crippen LogP contribution in [-0.2, 0) is 0 Å². The molecule has 1 aromatic carbocycles. The molecule has 6 nitrogen and oxygen atoms in total. The number of phenolic OH excluding ortho intramolecular Hbond substituents is 1. The van der Waals surface area contributed by atoms with Gasteiger partial charge in [-0.05, 0) is 54.7 Å². The molecule has 0 bridgehead atoms. The number of aromatic hydroxyl groups is 1. The largest absolute Gasteiger partial charge is 0.508 e. The second-order valence-electron chi connectivity index (χ2n) is 7.55. The van der Waals surface area contributed by atoms with Gasteiger partial charge in [-0.25, -0.2) is 4.98 Å². The third-order valence-corrected chi connectivity index (χ3v) is 5.43. The first-order chi connectivity index (χ1) is 13.6. The van der Waals surface area contributed by atoms with Gasteiger partial charge in [0.1, 0.15) is 11.6 Å². The molecule has 1 amide bonds. The molecule has 0 saturated carbocycles. The molecule has 3 N–H and O–H groups in total. The fourth-order valence-electron chi connectivity index (χ4n) is 3.93. The maximum absolute atomic E-state index is 12.7. The van der Waals surface area contributed by atoms with E-state index in [1.54, 1.807) is 18.3 Å². The molecule has 28 heavy (non-hydrogen) atoms. The minimum Gasteiger partial charge on any atom is -0.508 e. The average molecular weight is 378 g/mol. The second kappa shape index (κ2) is 8.02. The number of nitrogens with two attached hydrogens (primary N) is 1. The first-order valence-electron chi connectivity index (χ1n) is 9.84. The minimum absolute atomic E-state index is 0.00758. The molecule has 0 aliphatic carbocycles. The van der Waals surface area contributed by atoms with E-state index in [-0.39, 0.29) is 17.7 Å². The summed E-state index contributed by atoms with van der Waals surface area (Å²) in [7, 11) is 0. The van der Waals surface area contributed by atoms with Crippen molar-refractivity contribution < 1.29 is 9.90 Å². The van der Waals surface area contributed by atoms with Crippen molar-refractivity contribution in [1.82, 2.24) is 9.88 Å². The molecule has 0 spiro atoms. The van der Waals surface area contributed by atoms with Crippen LogP contribution in [0.25, 0.3) is 5.57 Å². The van der Waals surface area contributed by atoms with E-state index < -0.39 is 0 Å². The Morgan fingerprint density at radius 2 is 2.11 bits per heavy atom. The van der Waals surface area contributed by atoms with Gasteiger partial charge in [0.15, 0.2) is 0 Å². The van der Waals surface area contributed by atoms with Crippen molar-refractivity contribution in [3.63, 3.8) is 0 Å². The second-order valence-corrected chi connectivity index (χ2v) is 7.55. The van der Waals surface area contributed by atoms with Gasteiger partial charge in [-0.2, -0.15) is 0 Å². The third kappa shape index (κ3) is 4.02. The molecular weight excluding hydrogens is 352 g/mol. The van der Waals surface area contributed by atoms with E-state index >= 15 is 0 Å². The van der Waals surface area contributed by atoms with E-state index in [0.29, 0.717) is 12.1 Å². The van der Waals surface area contributed by atoms with E-state index in [9.17, 15) is 9.90 Å². The van der Waals surface area contributed by atoms with E-state index in [1.807, 2.05) is 29.2 Å². The Morgan fingerprint density at radius 1 is 1.21 bits per heavy atom. The number of amides is 1. The summed E-state index contributed by atoms with van der Waals surface area (Å²) in [5, 5.41) is 9.74. The smallest absolute Gasteiger partial charge is 0.255 e. The van der Waals surface area contributed by atoms with Gasteiger partial charge in [-0.1, -0.05) is 18.2 Å². The van der Waals surface area contributed by atoms with Crippen LogP contribution in [0, 0.1) is 0 Å². The number of nitrogens with zero attached hydrogens (tertiary/aromatic N) is 3. The van der Waals surface area contributed by atoms with Crippen LogP contribution in [0.5, 0.6) is 5.75 Å². The molecule has 1 unspecified atom stereocenters. The highest BCUT2D eigenvalue weighted by Gasteiger charge is 2.23. The molecule has 2 aromatic rings. The third-order valence-electron chi connectivity index (χ3n) is 5.43. The zero-order valence-electron chi connectivity index (χ0n) is 15.9. The van der Waals surface area contributed by atoms with Crippen LogP contribution in [0.15, 0.2) is 48.7 Å². The first-order valence-corrected chi connectivity index (χ1v) is 9.84. The molecule has 1 atom stereocenters. The zero-order valence-corrected chi connectivity index (χ0v) is 15.9. The Labute approximate surface area is 165 Å². The quantitative estimate of drug-likeness (QED) is 0.858. The molecule has 1 aromatic heterocycles. The molecule has 4 rings (SSSR count). The highest BCUT2D eigenvalue weighted by Crippen LogP contribution is 2.26. The monoisotopic (exact) mass is 378 g/mol. The van der Waals surface area contributed by atoms with Gasteiger partial charge in [0.2, 0.25) is 0 Å². The standard InChI is InChI=1S/C22H26N4O2/c23-19-6-3-11-26(15-19)22(28)17-8-9-21(24-13-17)25-10-2-5-18(14-25)16-4-1-7-20(27)12-16/h1,4-5,7-9,12-13,19,27H,2-3,6,10-11,14-15,23H2. The summed E-state index contributed by atoms with van der Waals surface area (Å²) < 4.78 is 0. The summed E-state index contributed by atoms with van der Waals surface area (Å²) in [6, 6.07) is 11.2. The molecule has 2 aliphatic heterocycles. The van der Waals surface area contributed by atoms with Crippen molar-refractivity contribution in [3.05, 3.63) is 59.8 Å². The van der Waals surface area contributed by atoms with Crippen molar-refractivity contribution in [2.45, 2.75) is 25.3 Å². The fraction of sp³-hybridized carbons (Fsp3) is 0.364. The van der Waals surface area contributed by atoms with E-state index in [1.165, 1.54) is 5.57 Å². The van der Waals surface area contributed by atoms with Crippen LogP contribution in [0.3, 0.4) is 0 Å². The van der Waals surface area contributed by atoms with Gasteiger partial charge in [-0.3, -0.25) is 4.79 Å². The number of rotatable bonds is 3. The van der Waals surface area contributed by atoms with Gasteiger partial charge in [0, 0.05) is 38.4 Å². The van der Waals surface area contributed by atoms with Crippen LogP contribution in [0.2, 0.25) is 0 Å². The minimum atomic E-state index is 0.00758. The van der Waals surface area contributed by atoms with Crippen LogP contribution >= 0.6 is 0 Å². The lowest BCUT2D eigenvalue weighted by Crippen LogP contribution is -2.45. The number of carbonyl (C=O) groups excluding carboxylic acids is 1. The number of likely N-dealkylation sites (tertiary alicyclic amines) is 1. The number of benzene rings is 1. The van der Waals surface area contributed by atoms with Gasteiger partial charge in [0.05, 0.1) is 5.56 Å². The Hall–Kier alpha value is -2.86. The van der Waals surface area contributed by atoms with Crippen molar-refractivity contribution in [3.8, 4) is 5.75 Å². The summed E-state index contributed by atoms with van der Waals surface area (Å²) in [6.07, 6.45) is 6.73. The predicted molar refractivity (Wildman–Crippen MR) is 110 cm³/mol. The zero-order chi connectivity index (χ0) is 19.5. The lowest BCUT2D eigenvalue weighted by molar-refractivity contribution is 0.0708. The summed E-state index contributed by atoms with van der Waals surface area (Å²) in [4.78, 5) is 21.3. The van der Waals surface area contributed by atoms with E-state index in [0.717, 1.165) is 50.3 Å². The molecule has 1 saturated heterocycles. The number of hydrogen-bond donors (Lipinski definition) is 2. The van der Waals surface area contributed by atoms with Crippen molar-refractivity contribution >= 4 is 17.3 Å². The number of aromatic nitrogens is 1. The number of anilines is 1. The SMILES string of the molecule is NC1CCCN(C(=O)c2ccc(N3CCC=C(c4cccc(O)c4)C3)nc2)C1. The number of phenols is 1. The number of hydrogen-bond acceptors (Lipinski definition) is 5. The van der Waals surface area contributed by atoms with Gasteiger partial charge < -0.3 is 20.6 Å². The predicted octanol–water partition coefficient (Wildman–Crippen LogP) is 2.64. The average Bonchev–Trinajstić information content (AvgIpc) is 2.73. The normalized spacial score (nSPS) is 20.0. The summed E-state index contributed by atoms with van der Waals surface area (Å²) in [5.41, 5.74) is 8.80. The molecule has 0 radical (unpaired) electrons. The molecule has 3 heterocycles. The summed E-state index contributed by atoms with van der Waals surface area (Å²) in [6.45, 7) is 2.98. The van der Waals surface area contributed by atoms with Gasteiger partial charge in [0.25, 0.3) is 5.91 Å². The van der Waals surface area contributed by atoms with Crippen LogP contribution in [0.4, 0.5) is 5.82 Å². The van der Waals surface area contributed by atoms with Crippen LogP contribution < -0.4 is 10.6 Å². The van der Waals surface area contributed by atoms with Crippen molar-refractivity contribution in [2.24, 2.45) is 5.73 Å². The van der Waals surface area contributed by atoms with Crippen molar-refractivity contribution in [1.29, 1.82) is 0 Å². The fourth-order valence-corrected chi connectivity index (χ4v) is 3.93. The Kier molecular flexibility index (Phi) is 5.30. The Balaban J connectivity index is 1.45. The van der Waals surface area contributed by atoms with Crippen LogP contribution in [-0.4, -0.2) is 53.1 Å². The first kappa shape index (κ1) is 18.5. The molecule has 2 aliphatic rings. The maximum Gasteiger partial charge on any atom is 0.255 e. The lowest BCUT2D eigenvalue weighted by atomic mass is 10.0. The number of carbonyl (C=O) groups is 1. The van der Waals surface area contributed by atoms with E-state index in [2.05, 4.69) is 16.0 Å². The Morgan fingerprint density at radius 3 is 2.86 bits per heavy atom. The van der Waals surface area contributed by atoms with E-state index in [4.69, 9.17) is 5.73 Å². The van der Waals surface area contributed by atoms with Gasteiger partial charge >= 0.3 is 0 Å². The number of pyridine rings is 1. The summed E-state index contributed by atoms with van der Waals surface area (Å²) in [5.74, 6) is 1.14. The Bertz CT molecular complexity index is 878. The van der Waals surface area contributed by atoms with Crippen molar-refractivity contribution in [2.75, 3.05) is 31.1 Å². The lowest BCUT2D eigenvalue weighted by Gasteiger charge is -2.31. The highest BCUT2D eigenvalue weighted by atomic mass is 16.3. The molecule has 1 fully saturated rings. The highest BCUT2D eigenvalue weighted by molar-refractivity contribution is 5.94. The number of piperidine rings is 1.